The average Bonchev–Trinajstić information content (AvgIpc) is 2.58. The molecule has 0 bridgehead atoms. The molecule has 2 amide bonds. The zero-order valence-corrected chi connectivity index (χ0v) is 14.2. The van der Waals surface area contributed by atoms with Crippen LogP contribution in [0.5, 0.6) is 0 Å². The van der Waals surface area contributed by atoms with Gasteiger partial charge in [0, 0.05) is 16.9 Å². The third-order valence-corrected chi connectivity index (χ3v) is 3.90. The second-order valence-corrected chi connectivity index (χ2v) is 6.06. The molecule has 0 aliphatic rings. The van der Waals surface area contributed by atoms with Crippen molar-refractivity contribution < 1.29 is 9.59 Å². The van der Waals surface area contributed by atoms with Gasteiger partial charge in [-0.05, 0) is 42.7 Å². The fraction of sp³-hybridized carbons (Fsp3) is 0.263. The number of anilines is 2. The molecule has 0 aliphatic carbocycles. The monoisotopic (exact) mass is 325 g/mol. The molecular formula is C19H23N3O2. The van der Waals surface area contributed by atoms with E-state index in [0.717, 1.165) is 5.56 Å². The maximum absolute atomic E-state index is 12.3. The fourth-order valence-electron chi connectivity index (χ4n) is 2.21. The number of hydrogen-bond donors (Lipinski definition) is 3. The van der Waals surface area contributed by atoms with Crippen LogP contribution >= 0.6 is 0 Å². The van der Waals surface area contributed by atoms with Gasteiger partial charge in [0.05, 0.1) is 6.04 Å². The molecule has 5 nitrogen and oxygen atoms in total. The highest BCUT2D eigenvalue weighted by atomic mass is 16.2. The first-order chi connectivity index (χ1) is 11.4. The summed E-state index contributed by atoms with van der Waals surface area (Å²) < 4.78 is 0. The quantitative estimate of drug-likeness (QED) is 0.789. The van der Waals surface area contributed by atoms with Crippen LogP contribution in [-0.2, 0) is 4.79 Å². The van der Waals surface area contributed by atoms with Crippen molar-refractivity contribution in [1.82, 2.24) is 0 Å². The average molecular weight is 325 g/mol. The molecule has 0 aromatic heterocycles. The first kappa shape index (κ1) is 17.7. The standard InChI is InChI=1S/C19H23N3O2/c1-12(2)17(20)19(24)22-16-11-7-10-15(13(16)3)21-18(23)14-8-5-4-6-9-14/h4-12,17H,20H2,1-3H3,(H,21,23)(H,22,24)/t17-/m0/s1. The maximum Gasteiger partial charge on any atom is 0.255 e. The molecule has 0 fully saturated rings. The number of benzene rings is 2. The van der Waals surface area contributed by atoms with Crippen molar-refractivity contribution in [3.05, 3.63) is 59.7 Å². The Morgan fingerprint density at radius 3 is 2.08 bits per heavy atom. The van der Waals surface area contributed by atoms with Gasteiger partial charge in [0.1, 0.15) is 0 Å². The fourth-order valence-corrected chi connectivity index (χ4v) is 2.21. The molecule has 1 atom stereocenters. The molecule has 2 rings (SSSR count). The third-order valence-electron chi connectivity index (χ3n) is 3.90. The highest BCUT2D eigenvalue weighted by Crippen LogP contribution is 2.24. The summed E-state index contributed by atoms with van der Waals surface area (Å²) in [6.45, 7) is 5.64. The van der Waals surface area contributed by atoms with E-state index < -0.39 is 6.04 Å². The lowest BCUT2D eigenvalue weighted by molar-refractivity contribution is -0.118. The molecule has 0 heterocycles. The summed E-state index contributed by atoms with van der Waals surface area (Å²) in [5.41, 5.74) is 8.52. The van der Waals surface area contributed by atoms with Crippen LogP contribution in [0.1, 0.15) is 29.8 Å². The number of carbonyl (C=O) groups excluding carboxylic acids is 2. The van der Waals surface area contributed by atoms with Gasteiger partial charge in [-0.3, -0.25) is 9.59 Å². The topological polar surface area (TPSA) is 84.2 Å². The second kappa shape index (κ2) is 7.75. The first-order valence-electron chi connectivity index (χ1n) is 7.92. The van der Waals surface area contributed by atoms with Gasteiger partial charge in [-0.15, -0.1) is 0 Å². The van der Waals surface area contributed by atoms with Gasteiger partial charge in [-0.2, -0.15) is 0 Å². The van der Waals surface area contributed by atoms with Crippen LogP contribution < -0.4 is 16.4 Å². The van der Waals surface area contributed by atoms with Crippen molar-refractivity contribution >= 4 is 23.2 Å². The highest BCUT2D eigenvalue weighted by molar-refractivity contribution is 6.05. The number of amides is 2. The third kappa shape index (κ3) is 4.20. The molecule has 0 spiro atoms. The van der Waals surface area contributed by atoms with Crippen LogP contribution in [-0.4, -0.2) is 17.9 Å². The van der Waals surface area contributed by atoms with E-state index in [1.807, 2.05) is 39.0 Å². The molecule has 0 radical (unpaired) electrons. The number of nitrogens with one attached hydrogen (secondary N) is 2. The summed E-state index contributed by atoms with van der Waals surface area (Å²) >= 11 is 0. The summed E-state index contributed by atoms with van der Waals surface area (Å²) in [6, 6.07) is 13.8. The Balaban J connectivity index is 2.16. The molecular weight excluding hydrogens is 302 g/mol. The van der Waals surface area contributed by atoms with Crippen LogP contribution in [0.4, 0.5) is 11.4 Å². The number of hydrogen-bond acceptors (Lipinski definition) is 3. The molecule has 5 heteroatoms. The van der Waals surface area contributed by atoms with Crippen molar-refractivity contribution in [2.75, 3.05) is 10.6 Å². The predicted molar refractivity (Wildman–Crippen MR) is 97.0 cm³/mol. The summed E-state index contributed by atoms with van der Waals surface area (Å²) in [6.07, 6.45) is 0. The van der Waals surface area contributed by atoms with E-state index in [0.29, 0.717) is 16.9 Å². The Bertz CT molecular complexity index is 727. The molecule has 0 saturated heterocycles. The summed E-state index contributed by atoms with van der Waals surface area (Å²) in [5.74, 6) is -0.382. The molecule has 0 aliphatic heterocycles. The Hall–Kier alpha value is -2.66. The van der Waals surface area contributed by atoms with Crippen molar-refractivity contribution in [2.45, 2.75) is 26.8 Å². The Morgan fingerprint density at radius 2 is 1.50 bits per heavy atom. The van der Waals surface area contributed by atoms with E-state index in [4.69, 9.17) is 5.73 Å². The predicted octanol–water partition coefficient (Wildman–Crippen LogP) is 3.17. The van der Waals surface area contributed by atoms with E-state index in [2.05, 4.69) is 10.6 Å². The van der Waals surface area contributed by atoms with Gasteiger partial charge in [0.2, 0.25) is 5.91 Å². The molecule has 2 aromatic rings. The van der Waals surface area contributed by atoms with Gasteiger partial charge in [-0.1, -0.05) is 38.1 Å². The van der Waals surface area contributed by atoms with Crippen molar-refractivity contribution in [2.24, 2.45) is 11.7 Å². The summed E-state index contributed by atoms with van der Waals surface area (Å²) in [4.78, 5) is 24.4. The lowest BCUT2D eigenvalue weighted by Crippen LogP contribution is -2.39. The SMILES string of the molecule is Cc1c(NC(=O)c2ccccc2)cccc1NC(=O)[C@@H](N)C(C)C. The smallest absolute Gasteiger partial charge is 0.255 e. The number of carbonyl (C=O) groups is 2. The van der Waals surface area contributed by atoms with E-state index in [1.54, 1.807) is 30.3 Å². The molecule has 0 saturated carbocycles. The Kier molecular flexibility index (Phi) is 5.71. The van der Waals surface area contributed by atoms with Crippen molar-refractivity contribution in [3.63, 3.8) is 0 Å². The van der Waals surface area contributed by atoms with Crippen LogP contribution in [0.25, 0.3) is 0 Å². The van der Waals surface area contributed by atoms with Gasteiger partial charge >= 0.3 is 0 Å². The zero-order chi connectivity index (χ0) is 17.7. The Morgan fingerprint density at radius 1 is 0.917 bits per heavy atom. The van der Waals surface area contributed by atoms with E-state index in [9.17, 15) is 9.59 Å². The van der Waals surface area contributed by atoms with Crippen LogP contribution in [0.2, 0.25) is 0 Å². The lowest BCUT2D eigenvalue weighted by Gasteiger charge is -2.18. The largest absolute Gasteiger partial charge is 0.324 e. The minimum Gasteiger partial charge on any atom is -0.324 e. The minimum absolute atomic E-state index is 0.0475. The first-order valence-corrected chi connectivity index (χ1v) is 7.92. The molecule has 0 unspecified atom stereocenters. The van der Waals surface area contributed by atoms with Crippen molar-refractivity contribution in [1.29, 1.82) is 0 Å². The highest BCUT2D eigenvalue weighted by Gasteiger charge is 2.18. The van der Waals surface area contributed by atoms with Crippen LogP contribution in [0, 0.1) is 12.8 Å². The number of rotatable bonds is 5. The van der Waals surface area contributed by atoms with Gasteiger partial charge < -0.3 is 16.4 Å². The Labute approximate surface area is 142 Å². The van der Waals surface area contributed by atoms with Crippen LogP contribution in [0.3, 0.4) is 0 Å². The molecule has 4 N–H and O–H groups in total. The molecule has 24 heavy (non-hydrogen) atoms. The van der Waals surface area contributed by atoms with E-state index >= 15 is 0 Å². The minimum atomic E-state index is -0.577. The van der Waals surface area contributed by atoms with Gasteiger partial charge in [-0.25, -0.2) is 0 Å². The molecule has 126 valence electrons. The zero-order valence-electron chi connectivity index (χ0n) is 14.2. The normalized spacial score (nSPS) is 11.9. The summed E-state index contributed by atoms with van der Waals surface area (Å²) in [7, 11) is 0. The van der Waals surface area contributed by atoms with Crippen molar-refractivity contribution in [3.8, 4) is 0 Å². The van der Waals surface area contributed by atoms with Gasteiger partial charge in [0.15, 0.2) is 0 Å². The molecule has 2 aromatic carbocycles. The van der Waals surface area contributed by atoms with Gasteiger partial charge in [0.25, 0.3) is 5.91 Å². The number of nitrogens with two attached hydrogens (primary N) is 1. The van der Waals surface area contributed by atoms with E-state index in [1.165, 1.54) is 0 Å². The second-order valence-electron chi connectivity index (χ2n) is 6.06. The summed E-state index contributed by atoms with van der Waals surface area (Å²) in [5, 5.41) is 5.70. The van der Waals surface area contributed by atoms with E-state index in [-0.39, 0.29) is 17.7 Å². The van der Waals surface area contributed by atoms with Crippen LogP contribution in [0.15, 0.2) is 48.5 Å². The lowest BCUT2D eigenvalue weighted by atomic mass is 10.0. The maximum atomic E-state index is 12.3.